The van der Waals surface area contributed by atoms with Crippen LogP contribution >= 0.6 is 0 Å². The van der Waals surface area contributed by atoms with Crippen molar-refractivity contribution in [3.8, 4) is 0 Å². The Morgan fingerprint density at radius 3 is 2.66 bits per heavy atom. The number of benzene rings is 2. The largest absolute Gasteiger partial charge is 0.481 e. The molecule has 1 saturated heterocycles. The van der Waals surface area contributed by atoms with Gasteiger partial charge in [0.1, 0.15) is 6.04 Å². The minimum absolute atomic E-state index is 0.0382. The van der Waals surface area contributed by atoms with Gasteiger partial charge in [-0.3, -0.25) is 14.5 Å². The zero-order valence-corrected chi connectivity index (χ0v) is 17.2. The van der Waals surface area contributed by atoms with Gasteiger partial charge in [0.15, 0.2) is 0 Å². The predicted molar refractivity (Wildman–Crippen MR) is 115 cm³/mol. The standard InChI is InChI=1S/C24H30N2O3/c1-17-10-11-18(2)21(15-17)25-24(29)23(20-8-4-3-5-9-20)26-14-6-7-19(16-26)12-13-22(27)28/h3-5,8-11,15,19,23H,6-7,12-14,16H2,1-2H3,(H,25,29)(H,27,28). The Hall–Kier alpha value is -2.66. The zero-order valence-electron chi connectivity index (χ0n) is 17.2. The monoisotopic (exact) mass is 394 g/mol. The molecular formula is C24H30N2O3. The number of carbonyl (C=O) groups excluding carboxylic acids is 1. The molecule has 2 aromatic carbocycles. The normalized spacial score (nSPS) is 18.2. The van der Waals surface area contributed by atoms with Gasteiger partial charge in [0.2, 0.25) is 5.91 Å². The molecule has 1 aliphatic heterocycles. The third-order valence-electron chi connectivity index (χ3n) is 5.70. The van der Waals surface area contributed by atoms with E-state index in [9.17, 15) is 9.59 Å². The minimum atomic E-state index is -0.755. The molecule has 0 spiro atoms. The maximum Gasteiger partial charge on any atom is 0.303 e. The summed E-state index contributed by atoms with van der Waals surface area (Å²) < 4.78 is 0. The van der Waals surface area contributed by atoms with Crippen LogP contribution in [-0.4, -0.2) is 35.0 Å². The van der Waals surface area contributed by atoms with Gasteiger partial charge in [0.25, 0.3) is 0 Å². The van der Waals surface area contributed by atoms with Crippen LogP contribution in [0.2, 0.25) is 0 Å². The number of rotatable bonds is 7. The summed E-state index contributed by atoms with van der Waals surface area (Å²) in [6, 6.07) is 15.5. The molecule has 0 bridgehead atoms. The topological polar surface area (TPSA) is 69.6 Å². The van der Waals surface area contributed by atoms with Crippen LogP contribution in [0.3, 0.4) is 0 Å². The van der Waals surface area contributed by atoms with Crippen molar-refractivity contribution in [1.82, 2.24) is 4.90 Å². The number of hydrogen-bond donors (Lipinski definition) is 2. The van der Waals surface area contributed by atoms with E-state index in [-0.39, 0.29) is 18.4 Å². The van der Waals surface area contributed by atoms with E-state index in [0.29, 0.717) is 12.3 Å². The van der Waals surface area contributed by atoms with Crippen molar-refractivity contribution in [2.75, 3.05) is 18.4 Å². The SMILES string of the molecule is Cc1ccc(C)c(NC(=O)C(c2ccccc2)N2CCCC(CCC(=O)O)C2)c1. The highest BCUT2D eigenvalue weighted by Crippen LogP contribution is 2.30. The molecule has 3 rings (SSSR count). The molecule has 1 amide bonds. The van der Waals surface area contributed by atoms with E-state index in [2.05, 4.69) is 10.2 Å². The number of carbonyl (C=O) groups is 2. The molecule has 1 fully saturated rings. The first-order valence-corrected chi connectivity index (χ1v) is 10.3. The number of aryl methyl sites for hydroxylation is 2. The van der Waals surface area contributed by atoms with Crippen molar-refractivity contribution < 1.29 is 14.7 Å². The lowest BCUT2D eigenvalue weighted by Crippen LogP contribution is -2.43. The van der Waals surface area contributed by atoms with E-state index in [4.69, 9.17) is 5.11 Å². The second-order valence-corrected chi connectivity index (χ2v) is 8.06. The molecule has 2 atom stereocenters. The quantitative estimate of drug-likeness (QED) is 0.722. The van der Waals surface area contributed by atoms with Crippen LogP contribution in [-0.2, 0) is 9.59 Å². The molecule has 0 radical (unpaired) electrons. The molecule has 1 aliphatic rings. The summed E-state index contributed by atoms with van der Waals surface area (Å²) >= 11 is 0. The number of aliphatic carboxylic acids is 1. The first-order chi connectivity index (χ1) is 13.9. The Balaban J connectivity index is 1.82. The lowest BCUT2D eigenvalue weighted by Gasteiger charge is -2.37. The van der Waals surface area contributed by atoms with Gasteiger partial charge < -0.3 is 10.4 Å². The van der Waals surface area contributed by atoms with E-state index in [1.54, 1.807) is 0 Å². The highest BCUT2D eigenvalue weighted by Gasteiger charge is 2.32. The summed E-state index contributed by atoms with van der Waals surface area (Å²) in [6.07, 6.45) is 2.84. The first kappa shape index (κ1) is 21.1. The number of likely N-dealkylation sites (tertiary alicyclic amines) is 1. The first-order valence-electron chi connectivity index (χ1n) is 10.3. The van der Waals surface area contributed by atoms with Gasteiger partial charge in [-0.1, -0.05) is 42.5 Å². The zero-order chi connectivity index (χ0) is 20.8. The van der Waals surface area contributed by atoms with Crippen LogP contribution < -0.4 is 5.32 Å². The van der Waals surface area contributed by atoms with Crippen LogP contribution in [0.5, 0.6) is 0 Å². The Morgan fingerprint density at radius 2 is 1.93 bits per heavy atom. The third kappa shape index (κ3) is 5.67. The maximum atomic E-state index is 13.4. The Kier molecular flexibility index (Phi) is 7.04. The van der Waals surface area contributed by atoms with Gasteiger partial charge in [0.05, 0.1) is 0 Å². The van der Waals surface area contributed by atoms with Crippen LogP contribution in [0.15, 0.2) is 48.5 Å². The van der Waals surface area contributed by atoms with Crippen molar-refractivity contribution in [3.63, 3.8) is 0 Å². The number of nitrogens with zero attached hydrogens (tertiary/aromatic N) is 1. The fourth-order valence-electron chi connectivity index (χ4n) is 4.13. The number of hydrogen-bond acceptors (Lipinski definition) is 3. The van der Waals surface area contributed by atoms with E-state index in [0.717, 1.165) is 48.3 Å². The molecular weight excluding hydrogens is 364 g/mol. The fourth-order valence-corrected chi connectivity index (χ4v) is 4.13. The van der Waals surface area contributed by atoms with Gasteiger partial charge in [-0.15, -0.1) is 0 Å². The average molecular weight is 395 g/mol. The molecule has 0 aromatic heterocycles. The number of nitrogens with one attached hydrogen (secondary N) is 1. The second kappa shape index (κ2) is 9.70. The molecule has 5 heteroatoms. The maximum absolute atomic E-state index is 13.4. The fraction of sp³-hybridized carbons (Fsp3) is 0.417. The van der Waals surface area contributed by atoms with Gasteiger partial charge >= 0.3 is 5.97 Å². The lowest BCUT2D eigenvalue weighted by molar-refractivity contribution is -0.137. The van der Waals surface area contributed by atoms with Crippen molar-refractivity contribution in [2.24, 2.45) is 5.92 Å². The summed E-state index contributed by atoms with van der Waals surface area (Å²) in [5, 5.41) is 12.2. The number of carboxylic acids is 1. The molecule has 2 unspecified atom stereocenters. The van der Waals surface area contributed by atoms with Crippen LogP contribution in [0.4, 0.5) is 5.69 Å². The van der Waals surface area contributed by atoms with Gasteiger partial charge in [-0.25, -0.2) is 0 Å². The lowest BCUT2D eigenvalue weighted by atomic mass is 9.91. The molecule has 0 saturated carbocycles. The Labute approximate surface area is 172 Å². The number of carboxylic acid groups (broad SMARTS) is 1. The van der Waals surface area contributed by atoms with E-state index in [1.165, 1.54) is 0 Å². The van der Waals surface area contributed by atoms with Crippen molar-refractivity contribution in [3.05, 3.63) is 65.2 Å². The number of piperidine rings is 1. The Morgan fingerprint density at radius 1 is 1.17 bits per heavy atom. The molecule has 2 aromatic rings. The van der Waals surface area contributed by atoms with Crippen LogP contribution in [0.25, 0.3) is 0 Å². The third-order valence-corrected chi connectivity index (χ3v) is 5.70. The molecule has 0 aliphatic carbocycles. The van der Waals surface area contributed by atoms with Gasteiger partial charge in [-0.2, -0.15) is 0 Å². The second-order valence-electron chi connectivity index (χ2n) is 8.06. The minimum Gasteiger partial charge on any atom is -0.481 e. The molecule has 2 N–H and O–H groups in total. The molecule has 5 nitrogen and oxygen atoms in total. The molecule has 154 valence electrons. The number of amides is 1. The van der Waals surface area contributed by atoms with Crippen molar-refractivity contribution in [1.29, 1.82) is 0 Å². The summed E-state index contributed by atoms with van der Waals surface area (Å²) in [5.41, 5.74) is 3.95. The summed E-state index contributed by atoms with van der Waals surface area (Å²) in [6.45, 7) is 5.59. The van der Waals surface area contributed by atoms with Gasteiger partial charge in [0, 0.05) is 18.7 Å². The van der Waals surface area contributed by atoms with Crippen molar-refractivity contribution >= 4 is 17.6 Å². The summed E-state index contributed by atoms with van der Waals surface area (Å²) in [4.78, 5) is 26.6. The average Bonchev–Trinajstić information content (AvgIpc) is 2.70. The number of anilines is 1. The Bertz CT molecular complexity index is 850. The van der Waals surface area contributed by atoms with Crippen molar-refractivity contribution in [2.45, 2.75) is 45.6 Å². The summed E-state index contributed by atoms with van der Waals surface area (Å²) in [5.74, 6) is -0.488. The predicted octanol–water partition coefficient (Wildman–Crippen LogP) is 4.56. The molecule has 29 heavy (non-hydrogen) atoms. The van der Waals surface area contributed by atoms with Crippen LogP contribution in [0, 0.1) is 19.8 Å². The van der Waals surface area contributed by atoms with Crippen LogP contribution in [0.1, 0.15) is 48.4 Å². The highest BCUT2D eigenvalue weighted by atomic mass is 16.4. The van der Waals surface area contributed by atoms with Gasteiger partial charge in [-0.05, 0) is 68.3 Å². The van der Waals surface area contributed by atoms with E-state index >= 15 is 0 Å². The molecule has 1 heterocycles. The summed E-state index contributed by atoms with van der Waals surface area (Å²) in [7, 11) is 0. The highest BCUT2D eigenvalue weighted by molar-refractivity contribution is 5.96. The smallest absolute Gasteiger partial charge is 0.303 e. The van der Waals surface area contributed by atoms with E-state index < -0.39 is 5.97 Å². The van der Waals surface area contributed by atoms with E-state index in [1.807, 2.05) is 62.4 Å².